The van der Waals surface area contributed by atoms with Gasteiger partial charge in [0.1, 0.15) is 5.82 Å². The largest absolute Gasteiger partial charge is 0.366 e. The van der Waals surface area contributed by atoms with E-state index < -0.39 is 17.8 Å². The number of primary amides is 1. The lowest BCUT2D eigenvalue weighted by atomic mass is 10.1. The Labute approximate surface area is 124 Å². The van der Waals surface area contributed by atoms with Crippen LogP contribution in [-0.4, -0.2) is 35.8 Å². The third-order valence-corrected chi connectivity index (χ3v) is 3.38. The quantitative estimate of drug-likeness (QED) is 0.795. The highest BCUT2D eigenvalue weighted by atomic mass is 19.1. The molecule has 0 spiro atoms. The minimum absolute atomic E-state index is 0.0193. The van der Waals surface area contributed by atoms with E-state index in [1.54, 1.807) is 11.8 Å². The first-order valence-corrected chi connectivity index (χ1v) is 7.01. The van der Waals surface area contributed by atoms with E-state index in [9.17, 15) is 14.0 Å². The zero-order chi connectivity index (χ0) is 16.0. The first-order chi connectivity index (χ1) is 9.90. The van der Waals surface area contributed by atoms with Crippen molar-refractivity contribution in [3.8, 4) is 0 Å². The molecule has 116 valence electrons. The summed E-state index contributed by atoms with van der Waals surface area (Å²) in [5.74, 6) is -1.20. The minimum Gasteiger partial charge on any atom is -0.366 e. The number of hydrogen-bond donors (Lipinski definition) is 2. The zero-order valence-electron chi connectivity index (χ0n) is 12.6. The summed E-state index contributed by atoms with van der Waals surface area (Å²) in [6, 6.07) is 3.67. The number of halogens is 1. The maximum Gasteiger partial charge on any atom is 0.248 e. The molecular formula is C15H22FN3O2. The van der Waals surface area contributed by atoms with Gasteiger partial charge in [-0.15, -0.1) is 0 Å². The molecule has 0 aliphatic rings. The summed E-state index contributed by atoms with van der Waals surface area (Å²) < 4.78 is 13.8. The third-order valence-electron chi connectivity index (χ3n) is 3.38. The van der Waals surface area contributed by atoms with Crippen LogP contribution in [0, 0.1) is 5.82 Å². The zero-order valence-corrected chi connectivity index (χ0v) is 12.6. The van der Waals surface area contributed by atoms with E-state index in [-0.39, 0.29) is 18.0 Å². The van der Waals surface area contributed by atoms with Gasteiger partial charge in [0.05, 0.1) is 6.04 Å². The number of nitrogens with one attached hydrogen (secondary N) is 1. The average Bonchev–Trinajstić information content (AvgIpc) is 2.46. The summed E-state index contributed by atoms with van der Waals surface area (Å²) in [5.41, 5.74) is 5.60. The van der Waals surface area contributed by atoms with Gasteiger partial charge in [0.2, 0.25) is 11.8 Å². The van der Waals surface area contributed by atoms with Crippen molar-refractivity contribution in [1.82, 2.24) is 10.2 Å². The fourth-order valence-electron chi connectivity index (χ4n) is 2.00. The van der Waals surface area contributed by atoms with Crippen LogP contribution in [0.2, 0.25) is 0 Å². The van der Waals surface area contributed by atoms with Gasteiger partial charge >= 0.3 is 0 Å². The number of carbonyl (C=O) groups excluding carboxylic acids is 2. The minimum atomic E-state index is -0.668. The molecule has 1 aromatic rings. The fraction of sp³-hybridized carbons (Fsp3) is 0.467. The predicted molar refractivity (Wildman–Crippen MR) is 79.1 cm³/mol. The van der Waals surface area contributed by atoms with Crippen LogP contribution in [0.15, 0.2) is 18.2 Å². The summed E-state index contributed by atoms with van der Waals surface area (Å²) >= 11 is 0. The molecule has 1 atom stereocenters. The Bertz CT molecular complexity index is 516. The molecule has 0 radical (unpaired) electrons. The smallest absolute Gasteiger partial charge is 0.248 e. The Morgan fingerprint density at radius 2 is 1.95 bits per heavy atom. The Hall–Kier alpha value is -1.95. The van der Waals surface area contributed by atoms with Gasteiger partial charge in [0.15, 0.2) is 0 Å². The maximum atomic E-state index is 13.8. The highest BCUT2D eigenvalue weighted by Crippen LogP contribution is 2.10. The summed E-state index contributed by atoms with van der Waals surface area (Å²) in [6.45, 7) is 7.06. The van der Waals surface area contributed by atoms with Gasteiger partial charge in [-0.25, -0.2) is 4.39 Å². The van der Waals surface area contributed by atoms with Crippen LogP contribution in [0.3, 0.4) is 0 Å². The van der Waals surface area contributed by atoms with Crippen LogP contribution in [0.25, 0.3) is 0 Å². The summed E-state index contributed by atoms with van der Waals surface area (Å²) in [7, 11) is 0. The lowest BCUT2D eigenvalue weighted by Crippen LogP contribution is -2.44. The van der Waals surface area contributed by atoms with E-state index in [0.29, 0.717) is 18.7 Å². The molecule has 21 heavy (non-hydrogen) atoms. The van der Waals surface area contributed by atoms with Crippen molar-refractivity contribution in [3.63, 3.8) is 0 Å². The van der Waals surface area contributed by atoms with E-state index >= 15 is 0 Å². The standard InChI is InChI=1S/C15H22FN3O2/c1-4-19(5-2)15(21)10(3)18-9-12-7-6-11(14(17)20)8-13(12)16/h6-8,10,18H,4-5,9H2,1-3H3,(H2,17,20). The van der Waals surface area contributed by atoms with Crippen molar-refractivity contribution in [2.24, 2.45) is 5.73 Å². The number of nitrogens with zero attached hydrogens (tertiary/aromatic N) is 1. The molecule has 1 rings (SSSR count). The molecule has 0 fully saturated rings. The third kappa shape index (κ3) is 4.53. The second-order valence-corrected chi connectivity index (χ2v) is 4.78. The molecule has 6 heteroatoms. The molecule has 2 amide bonds. The molecule has 1 unspecified atom stereocenters. The highest BCUT2D eigenvalue weighted by Gasteiger charge is 2.18. The number of nitrogens with two attached hydrogens (primary N) is 1. The van der Waals surface area contributed by atoms with Crippen LogP contribution in [0.4, 0.5) is 4.39 Å². The van der Waals surface area contributed by atoms with Crippen LogP contribution in [-0.2, 0) is 11.3 Å². The summed E-state index contributed by atoms with van der Waals surface area (Å²) in [5, 5.41) is 2.99. The average molecular weight is 295 g/mol. The first-order valence-electron chi connectivity index (χ1n) is 7.01. The second kappa shape index (κ2) is 7.73. The Morgan fingerprint density at radius 1 is 1.33 bits per heavy atom. The van der Waals surface area contributed by atoms with Crippen molar-refractivity contribution in [2.75, 3.05) is 13.1 Å². The summed E-state index contributed by atoms with van der Waals surface area (Å²) in [4.78, 5) is 24.7. The van der Waals surface area contributed by atoms with Crippen molar-refractivity contribution in [3.05, 3.63) is 35.1 Å². The van der Waals surface area contributed by atoms with Gasteiger partial charge in [-0.05, 0) is 32.9 Å². The number of benzene rings is 1. The van der Waals surface area contributed by atoms with Gasteiger partial charge in [-0.1, -0.05) is 6.07 Å². The lowest BCUT2D eigenvalue weighted by Gasteiger charge is -2.23. The van der Waals surface area contributed by atoms with E-state index in [1.165, 1.54) is 12.1 Å². The predicted octanol–water partition coefficient (Wildman–Crippen LogP) is 1.27. The highest BCUT2D eigenvalue weighted by molar-refractivity contribution is 5.92. The molecule has 0 heterocycles. The molecule has 0 aliphatic carbocycles. The number of amides is 2. The molecule has 5 nitrogen and oxygen atoms in total. The molecule has 0 saturated carbocycles. The van der Waals surface area contributed by atoms with E-state index in [2.05, 4.69) is 5.32 Å². The molecule has 1 aromatic carbocycles. The first kappa shape index (κ1) is 17.1. The van der Waals surface area contributed by atoms with Crippen LogP contribution in [0.5, 0.6) is 0 Å². The van der Waals surface area contributed by atoms with Gasteiger partial charge < -0.3 is 16.0 Å². The molecule has 0 bridgehead atoms. The van der Waals surface area contributed by atoms with E-state index in [1.807, 2.05) is 13.8 Å². The number of rotatable bonds is 7. The molecule has 0 saturated heterocycles. The van der Waals surface area contributed by atoms with Crippen molar-refractivity contribution >= 4 is 11.8 Å². The van der Waals surface area contributed by atoms with E-state index in [4.69, 9.17) is 5.73 Å². The van der Waals surface area contributed by atoms with Gasteiger partial charge in [0.25, 0.3) is 0 Å². The van der Waals surface area contributed by atoms with Gasteiger partial charge in [-0.2, -0.15) is 0 Å². The molecular weight excluding hydrogens is 273 g/mol. The Kier molecular flexibility index (Phi) is 6.30. The van der Waals surface area contributed by atoms with Crippen molar-refractivity contribution < 1.29 is 14.0 Å². The lowest BCUT2D eigenvalue weighted by molar-refractivity contribution is -0.132. The fourth-order valence-corrected chi connectivity index (χ4v) is 2.00. The maximum absolute atomic E-state index is 13.8. The molecule has 0 aromatic heterocycles. The monoisotopic (exact) mass is 295 g/mol. The van der Waals surface area contributed by atoms with Crippen molar-refractivity contribution in [1.29, 1.82) is 0 Å². The van der Waals surface area contributed by atoms with Crippen LogP contribution in [0.1, 0.15) is 36.7 Å². The van der Waals surface area contributed by atoms with Crippen molar-refractivity contribution in [2.45, 2.75) is 33.4 Å². The van der Waals surface area contributed by atoms with Crippen LogP contribution >= 0.6 is 0 Å². The Morgan fingerprint density at radius 3 is 2.43 bits per heavy atom. The molecule has 3 N–H and O–H groups in total. The number of carbonyl (C=O) groups is 2. The summed E-state index contributed by atoms with van der Waals surface area (Å²) in [6.07, 6.45) is 0. The topological polar surface area (TPSA) is 75.4 Å². The molecule has 0 aliphatic heterocycles. The normalized spacial score (nSPS) is 12.0. The number of hydrogen-bond acceptors (Lipinski definition) is 3. The van der Waals surface area contributed by atoms with Gasteiger partial charge in [0, 0.05) is 30.8 Å². The van der Waals surface area contributed by atoms with Gasteiger partial charge in [-0.3, -0.25) is 9.59 Å². The van der Waals surface area contributed by atoms with E-state index in [0.717, 1.165) is 6.07 Å². The van der Waals surface area contributed by atoms with Crippen LogP contribution < -0.4 is 11.1 Å². The SMILES string of the molecule is CCN(CC)C(=O)C(C)NCc1ccc(C(N)=O)cc1F. The second-order valence-electron chi connectivity index (χ2n) is 4.78. The Balaban J connectivity index is 2.67. The number of likely N-dealkylation sites (N-methyl/N-ethyl adjacent to an activating group) is 1.